The zero-order valence-corrected chi connectivity index (χ0v) is 17.1. The van der Waals surface area contributed by atoms with Crippen LogP contribution in [0.2, 0.25) is 0 Å². The molecule has 4 rings (SSSR count). The van der Waals surface area contributed by atoms with Crippen molar-refractivity contribution < 1.29 is 13.2 Å². The lowest BCUT2D eigenvalue weighted by Gasteiger charge is -2.21. The average Bonchev–Trinajstić information content (AvgIpc) is 3.21. The second kappa shape index (κ2) is 7.01. The van der Waals surface area contributed by atoms with E-state index in [0.29, 0.717) is 16.0 Å². The molecule has 150 valence electrons. The SMILES string of the molecule is O=c1[nH]c(=O)n(CCCN2CC3CC3(c3ccc(C(F)(F)F)cc3)C2)cc1I. The third kappa shape index (κ3) is 3.66. The van der Waals surface area contributed by atoms with Gasteiger partial charge in [0.05, 0.1) is 9.13 Å². The molecule has 1 aromatic heterocycles. The molecule has 2 unspecified atom stereocenters. The summed E-state index contributed by atoms with van der Waals surface area (Å²) in [6, 6.07) is 5.58. The van der Waals surface area contributed by atoms with Crippen molar-refractivity contribution in [1.29, 1.82) is 0 Å². The fourth-order valence-corrected chi connectivity index (χ4v) is 4.78. The highest BCUT2D eigenvalue weighted by Gasteiger charge is 2.60. The van der Waals surface area contributed by atoms with Crippen LogP contribution >= 0.6 is 22.6 Å². The Hall–Kier alpha value is -1.62. The second-order valence-electron chi connectivity index (χ2n) is 7.65. The van der Waals surface area contributed by atoms with Crippen LogP contribution in [0.15, 0.2) is 40.1 Å². The molecule has 1 saturated carbocycles. The number of halogens is 4. The molecule has 0 amide bonds. The molecule has 1 N–H and O–H groups in total. The van der Waals surface area contributed by atoms with Crippen molar-refractivity contribution in [1.82, 2.24) is 14.5 Å². The van der Waals surface area contributed by atoms with E-state index < -0.39 is 17.4 Å². The number of aromatic nitrogens is 2. The number of nitrogens with zero attached hydrogens (tertiary/aromatic N) is 2. The zero-order chi connectivity index (χ0) is 20.1. The van der Waals surface area contributed by atoms with Crippen molar-refractivity contribution in [2.75, 3.05) is 19.6 Å². The second-order valence-corrected chi connectivity index (χ2v) is 8.81. The maximum absolute atomic E-state index is 12.8. The zero-order valence-electron chi connectivity index (χ0n) is 14.9. The van der Waals surface area contributed by atoms with Crippen molar-refractivity contribution in [2.45, 2.75) is 31.0 Å². The molecule has 2 aliphatic rings. The first-order valence-corrected chi connectivity index (χ1v) is 10.2. The number of alkyl halides is 3. The summed E-state index contributed by atoms with van der Waals surface area (Å²) in [5.41, 5.74) is -0.426. The van der Waals surface area contributed by atoms with Crippen LogP contribution in [0.3, 0.4) is 0 Å². The first-order chi connectivity index (χ1) is 13.2. The number of piperidine rings is 1. The molecule has 0 bridgehead atoms. The van der Waals surface area contributed by atoms with Crippen LogP contribution in [0.4, 0.5) is 13.2 Å². The Bertz CT molecular complexity index is 999. The number of benzene rings is 1. The van der Waals surface area contributed by atoms with Gasteiger partial charge in [0.25, 0.3) is 5.56 Å². The van der Waals surface area contributed by atoms with Gasteiger partial charge in [0, 0.05) is 31.2 Å². The molecule has 1 aliphatic carbocycles. The Labute approximate surface area is 172 Å². The summed E-state index contributed by atoms with van der Waals surface area (Å²) in [4.78, 5) is 27.8. The summed E-state index contributed by atoms with van der Waals surface area (Å²) in [7, 11) is 0. The van der Waals surface area contributed by atoms with E-state index in [1.165, 1.54) is 16.7 Å². The van der Waals surface area contributed by atoms with Gasteiger partial charge in [0.15, 0.2) is 0 Å². The van der Waals surface area contributed by atoms with Gasteiger partial charge in [0.1, 0.15) is 0 Å². The number of aromatic amines is 1. The number of hydrogen-bond acceptors (Lipinski definition) is 3. The Kier molecular flexibility index (Phi) is 4.93. The maximum atomic E-state index is 12.8. The predicted molar refractivity (Wildman–Crippen MR) is 106 cm³/mol. The lowest BCUT2D eigenvalue weighted by Crippen LogP contribution is -2.33. The van der Waals surface area contributed by atoms with E-state index in [9.17, 15) is 22.8 Å². The summed E-state index contributed by atoms with van der Waals surface area (Å²) in [6.45, 7) is 3.08. The molecular formula is C19H19F3IN3O2. The van der Waals surface area contributed by atoms with Gasteiger partial charge in [-0.15, -0.1) is 0 Å². The summed E-state index contributed by atoms with van der Waals surface area (Å²) in [5.74, 6) is 0.487. The molecule has 5 nitrogen and oxygen atoms in total. The van der Waals surface area contributed by atoms with Gasteiger partial charge in [-0.05, 0) is 65.6 Å². The number of nitrogens with one attached hydrogen (secondary N) is 1. The average molecular weight is 505 g/mol. The van der Waals surface area contributed by atoms with E-state index in [-0.39, 0.29) is 11.0 Å². The van der Waals surface area contributed by atoms with Gasteiger partial charge < -0.3 is 4.90 Å². The van der Waals surface area contributed by atoms with Crippen molar-refractivity contribution >= 4 is 22.6 Å². The van der Waals surface area contributed by atoms with Crippen LogP contribution in [-0.4, -0.2) is 34.1 Å². The van der Waals surface area contributed by atoms with Crippen LogP contribution in [0, 0.1) is 9.49 Å². The summed E-state index contributed by atoms with van der Waals surface area (Å²) in [5, 5.41) is 0. The van der Waals surface area contributed by atoms with Crippen LogP contribution in [-0.2, 0) is 18.1 Å². The van der Waals surface area contributed by atoms with E-state index in [1.807, 2.05) is 22.6 Å². The Morgan fingerprint density at radius 1 is 1.18 bits per heavy atom. The number of hydrogen-bond donors (Lipinski definition) is 1. The van der Waals surface area contributed by atoms with Crippen molar-refractivity contribution in [3.63, 3.8) is 0 Å². The Morgan fingerprint density at radius 3 is 2.57 bits per heavy atom. The van der Waals surface area contributed by atoms with Crippen LogP contribution in [0.1, 0.15) is 24.0 Å². The molecule has 1 saturated heterocycles. The molecule has 9 heteroatoms. The van der Waals surface area contributed by atoms with Crippen LogP contribution in [0.5, 0.6) is 0 Å². The third-order valence-corrected chi connectivity index (χ3v) is 6.61. The fraction of sp³-hybridized carbons (Fsp3) is 0.474. The molecule has 2 aromatic rings. The number of fused-ring (bicyclic) bond motifs is 1. The van der Waals surface area contributed by atoms with E-state index in [0.717, 1.165) is 38.0 Å². The number of rotatable bonds is 5. The molecule has 0 radical (unpaired) electrons. The van der Waals surface area contributed by atoms with Crippen LogP contribution < -0.4 is 11.2 Å². The number of aryl methyl sites for hydroxylation is 1. The molecular weight excluding hydrogens is 486 g/mol. The number of likely N-dealkylation sites (tertiary alicyclic amines) is 1. The quantitative estimate of drug-likeness (QED) is 0.637. The van der Waals surface area contributed by atoms with E-state index in [1.54, 1.807) is 18.3 Å². The summed E-state index contributed by atoms with van der Waals surface area (Å²) in [6.07, 6.45) is -0.963. The lowest BCUT2D eigenvalue weighted by molar-refractivity contribution is -0.137. The van der Waals surface area contributed by atoms with Gasteiger partial charge in [-0.1, -0.05) is 12.1 Å². The molecule has 2 atom stereocenters. The molecule has 2 fully saturated rings. The smallest absolute Gasteiger partial charge is 0.302 e. The molecule has 1 aliphatic heterocycles. The van der Waals surface area contributed by atoms with Gasteiger partial charge >= 0.3 is 11.9 Å². The predicted octanol–water partition coefficient (Wildman–Crippen LogP) is 2.82. The highest BCUT2D eigenvalue weighted by molar-refractivity contribution is 14.1. The summed E-state index contributed by atoms with van der Waals surface area (Å²) >= 11 is 1.90. The highest BCUT2D eigenvalue weighted by atomic mass is 127. The van der Waals surface area contributed by atoms with Gasteiger partial charge in [-0.2, -0.15) is 13.2 Å². The van der Waals surface area contributed by atoms with E-state index in [4.69, 9.17) is 0 Å². The van der Waals surface area contributed by atoms with E-state index >= 15 is 0 Å². The monoisotopic (exact) mass is 505 g/mol. The molecule has 28 heavy (non-hydrogen) atoms. The van der Waals surface area contributed by atoms with Crippen molar-refractivity contribution in [3.05, 3.63) is 66.0 Å². The Morgan fingerprint density at radius 2 is 1.89 bits per heavy atom. The molecule has 2 heterocycles. The minimum atomic E-state index is -4.31. The van der Waals surface area contributed by atoms with Crippen molar-refractivity contribution in [2.24, 2.45) is 5.92 Å². The first-order valence-electron chi connectivity index (χ1n) is 9.08. The van der Waals surface area contributed by atoms with Crippen molar-refractivity contribution in [3.8, 4) is 0 Å². The molecule has 0 spiro atoms. The van der Waals surface area contributed by atoms with Gasteiger partial charge in [-0.3, -0.25) is 14.3 Å². The minimum Gasteiger partial charge on any atom is -0.302 e. The van der Waals surface area contributed by atoms with Gasteiger partial charge in [-0.25, -0.2) is 4.79 Å². The Balaban J connectivity index is 1.36. The summed E-state index contributed by atoms with van der Waals surface area (Å²) < 4.78 is 40.3. The first kappa shape index (κ1) is 19.7. The standard InChI is InChI=1S/C19H19F3IN3O2/c20-19(21,22)13-4-2-12(3-5-13)18-8-14(18)9-25(11-18)6-1-7-26-10-15(23)16(27)24-17(26)28/h2-5,10,14H,1,6-9,11H2,(H,24,27,28). The third-order valence-electron chi connectivity index (χ3n) is 5.84. The normalized spacial score (nSPS) is 24.4. The van der Waals surface area contributed by atoms with Crippen LogP contribution in [0.25, 0.3) is 0 Å². The fourth-order valence-electron chi connectivity index (χ4n) is 4.31. The highest BCUT2D eigenvalue weighted by Crippen LogP contribution is 2.59. The molecule has 1 aromatic carbocycles. The minimum absolute atomic E-state index is 0.0195. The topological polar surface area (TPSA) is 58.1 Å². The van der Waals surface area contributed by atoms with Gasteiger partial charge in [0.2, 0.25) is 0 Å². The largest absolute Gasteiger partial charge is 0.416 e. The maximum Gasteiger partial charge on any atom is 0.416 e. The lowest BCUT2D eigenvalue weighted by atomic mass is 9.94. The number of H-pyrrole nitrogens is 1. The van der Waals surface area contributed by atoms with E-state index in [2.05, 4.69) is 9.88 Å².